The predicted molar refractivity (Wildman–Crippen MR) is 115 cm³/mol. The number of nitrogens with zero attached hydrogens (tertiary/aromatic N) is 5. The molecule has 2 heterocycles. The van der Waals surface area contributed by atoms with Crippen LogP contribution in [0.4, 0.5) is 8.78 Å². The summed E-state index contributed by atoms with van der Waals surface area (Å²) in [7, 11) is 1.30. The molecule has 4 rings (SSSR count). The van der Waals surface area contributed by atoms with Crippen molar-refractivity contribution in [1.29, 1.82) is 0 Å². The van der Waals surface area contributed by atoms with Crippen molar-refractivity contribution in [2.24, 2.45) is 0 Å². The van der Waals surface area contributed by atoms with Crippen molar-refractivity contribution < 1.29 is 27.8 Å². The molecule has 0 bridgehead atoms. The van der Waals surface area contributed by atoms with E-state index < -0.39 is 23.6 Å². The molecular formula is C23H19F2N5O4. The van der Waals surface area contributed by atoms with Gasteiger partial charge in [0.15, 0.2) is 5.82 Å². The fourth-order valence-electron chi connectivity index (χ4n) is 3.30. The molecule has 0 N–H and O–H groups in total. The van der Waals surface area contributed by atoms with E-state index in [-0.39, 0.29) is 24.5 Å². The van der Waals surface area contributed by atoms with E-state index in [2.05, 4.69) is 15.4 Å². The Morgan fingerprint density at radius 2 is 1.71 bits per heavy atom. The number of rotatable bonds is 7. The molecular weight excluding hydrogens is 448 g/mol. The zero-order valence-corrected chi connectivity index (χ0v) is 18.2. The smallest absolute Gasteiger partial charge is 0.343 e. The number of benzene rings is 2. The van der Waals surface area contributed by atoms with Gasteiger partial charge in [0.25, 0.3) is 0 Å². The molecule has 0 saturated carbocycles. The van der Waals surface area contributed by atoms with Crippen LogP contribution in [0.5, 0.6) is 0 Å². The second-order valence-electron chi connectivity index (χ2n) is 7.18. The number of carbonyl (C=O) groups is 2. The lowest BCUT2D eigenvalue weighted by Crippen LogP contribution is -2.08. The topological polar surface area (TPSA) is 101 Å². The van der Waals surface area contributed by atoms with Gasteiger partial charge in [-0.2, -0.15) is 9.78 Å². The van der Waals surface area contributed by atoms with E-state index in [4.69, 9.17) is 9.47 Å². The Morgan fingerprint density at radius 3 is 2.35 bits per heavy atom. The highest BCUT2D eigenvalue weighted by molar-refractivity contribution is 5.92. The lowest BCUT2D eigenvalue weighted by molar-refractivity contribution is 0.0525. The van der Waals surface area contributed by atoms with Gasteiger partial charge in [0, 0.05) is 17.8 Å². The number of esters is 2. The molecule has 9 nitrogen and oxygen atoms in total. The highest BCUT2D eigenvalue weighted by Gasteiger charge is 2.21. The summed E-state index contributed by atoms with van der Waals surface area (Å²) in [6.07, 6.45) is 2.98. The zero-order chi connectivity index (χ0) is 24.2. The second kappa shape index (κ2) is 9.61. The summed E-state index contributed by atoms with van der Waals surface area (Å²) >= 11 is 0. The molecule has 0 unspecified atom stereocenters. The van der Waals surface area contributed by atoms with Gasteiger partial charge in [-0.3, -0.25) is 4.68 Å². The first-order chi connectivity index (χ1) is 16.4. The van der Waals surface area contributed by atoms with E-state index in [1.165, 1.54) is 34.8 Å². The summed E-state index contributed by atoms with van der Waals surface area (Å²) in [6.45, 7) is 1.83. The third-order valence-electron chi connectivity index (χ3n) is 4.82. The van der Waals surface area contributed by atoms with E-state index in [0.29, 0.717) is 22.4 Å². The van der Waals surface area contributed by atoms with E-state index >= 15 is 0 Å². The van der Waals surface area contributed by atoms with Crippen LogP contribution in [-0.4, -0.2) is 50.4 Å². The molecule has 0 atom stereocenters. The fraction of sp³-hybridized carbons (Fsp3) is 0.174. The van der Waals surface area contributed by atoms with Crippen LogP contribution in [0.25, 0.3) is 17.1 Å². The van der Waals surface area contributed by atoms with Crippen molar-refractivity contribution in [1.82, 2.24) is 24.8 Å². The lowest BCUT2D eigenvalue weighted by Gasteiger charge is -2.02. The number of methoxy groups -OCH3 is 1. The maximum absolute atomic E-state index is 13.6. The number of hydrogen-bond acceptors (Lipinski definition) is 7. The standard InChI is InChI=1S/C23H19F2N5O4/c1-3-34-23(32)19-12-29(11-14-8-17(24)10-18(25)9-14)27-21(19)30-13-20(26-28-30)15-4-6-16(7-5-15)22(31)33-2/h4-10,12-13H,3,11H2,1-2H3. The molecule has 0 spiro atoms. The van der Waals surface area contributed by atoms with Gasteiger partial charge in [0.2, 0.25) is 0 Å². The van der Waals surface area contributed by atoms with Crippen LogP contribution in [-0.2, 0) is 16.0 Å². The van der Waals surface area contributed by atoms with Crippen molar-refractivity contribution in [3.63, 3.8) is 0 Å². The number of ether oxygens (including phenoxy) is 2. The molecule has 34 heavy (non-hydrogen) atoms. The summed E-state index contributed by atoms with van der Waals surface area (Å²) in [5.74, 6) is -2.38. The van der Waals surface area contributed by atoms with Crippen molar-refractivity contribution in [3.05, 3.63) is 83.2 Å². The Balaban J connectivity index is 1.67. The van der Waals surface area contributed by atoms with Crippen LogP contribution in [0, 0.1) is 11.6 Å². The van der Waals surface area contributed by atoms with Gasteiger partial charge in [-0.25, -0.2) is 18.4 Å². The lowest BCUT2D eigenvalue weighted by atomic mass is 10.1. The minimum absolute atomic E-state index is 0.0115. The molecule has 0 aliphatic heterocycles. The van der Waals surface area contributed by atoms with Crippen LogP contribution in [0.2, 0.25) is 0 Å². The van der Waals surface area contributed by atoms with E-state index in [1.54, 1.807) is 37.4 Å². The van der Waals surface area contributed by atoms with Crippen molar-refractivity contribution in [2.45, 2.75) is 13.5 Å². The highest BCUT2D eigenvalue weighted by Crippen LogP contribution is 2.21. The largest absolute Gasteiger partial charge is 0.465 e. The SMILES string of the molecule is CCOC(=O)c1cn(Cc2cc(F)cc(F)c2)nc1-n1cc(-c2ccc(C(=O)OC)cc2)nn1. The summed E-state index contributed by atoms with van der Waals surface area (Å²) < 4.78 is 39.6. The number of carbonyl (C=O) groups excluding carboxylic acids is 2. The molecule has 174 valence electrons. The second-order valence-corrected chi connectivity index (χ2v) is 7.18. The molecule has 0 saturated heterocycles. The summed E-state index contributed by atoms with van der Waals surface area (Å²) in [4.78, 5) is 24.1. The van der Waals surface area contributed by atoms with Crippen molar-refractivity contribution >= 4 is 11.9 Å². The Labute approximate surface area is 192 Å². The van der Waals surface area contributed by atoms with E-state index in [1.807, 2.05) is 0 Å². The molecule has 2 aromatic carbocycles. The molecule has 0 fully saturated rings. The predicted octanol–water partition coefficient (Wildman–Crippen LogP) is 3.42. The van der Waals surface area contributed by atoms with E-state index in [9.17, 15) is 18.4 Å². The first kappa shape index (κ1) is 22.8. The van der Waals surface area contributed by atoms with Gasteiger partial charge >= 0.3 is 11.9 Å². The first-order valence-electron chi connectivity index (χ1n) is 10.2. The normalized spacial score (nSPS) is 10.8. The Hall–Kier alpha value is -4.41. The van der Waals surface area contributed by atoms with Crippen LogP contribution in [0.3, 0.4) is 0 Å². The molecule has 0 aliphatic rings. The third kappa shape index (κ3) is 4.82. The molecule has 0 aliphatic carbocycles. The average molecular weight is 467 g/mol. The van der Waals surface area contributed by atoms with Crippen LogP contribution in [0.1, 0.15) is 33.2 Å². The maximum atomic E-state index is 13.6. The van der Waals surface area contributed by atoms with Gasteiger partial charge in [-0.05, 0) is 36.8 Å². The van der Waals surface area contributed by atoms with Gasteiger partial charge in [0.05, 0.1) is 32.0 Å². The van der Waals surface area contributed by atoms with Crippen LogP contribution >= 0.6 is 0 Å². The maximum Gasteiger partial charge on any atom is 0.343 e. The third-order valence-corrected chi connectivity index (χ3v) is 4.82. The fourth-order valence-corrected chi connectivity index (χ4v) is 3.30. The van der Waals surface area contributed by atoms with Crippen molar-refractivity contribution in [3.8, 4) is 17.1 Å². The molecule has 0 radical (unpaired) electrons. The average Bonchev–Trinajstić information content (AvgIpc) is 3.45. The minimum Gasteiger partial charge on any atom is -0.465 e. The quantitative estimate of drug-likeness (QED) is 0.384. The molecule has 2 aromatic heterocycles. The Kier molecular flexibility index (Phi) is 6.44. The first-order valence-corrected chi connectivity index (χ1v) is 10.2. The molecule has 0 amide bonds. The number of hydrogen-bond donors (Lipinski definition) is 0. The molecule has 11 heteroatoms. The van der Waals surface area contributed by atoms with Crippen LogP contribution in [0.15, 0.2) is 54.9 Å². The highest BCUT2D eigenvalue weighted by atomic mass is 19.1. The Bertz CT molecular complexity index is 1330. The minimum atomic E-state index is -0.716. The summed E-state index contributed by atoms with van der Waals surface area (Å²) in [6, 6.07) is 9.69. The number of aromatic nitrogens is 5. The molecule has 4 aromatic rings. The van der Waals surface area contributed by atoms with Crippen molar-refractivity contribution in [2.75, 3.05) is 13.7 Å². The van der Waals surface area contributed by atoms with Gasteiger partial charge in [-0.1, -0.05) is 17.3 Å². The zero-order valence-electron chi connectivity index (χ0n) is 18.2. The summed E-state index contributed by atoms with van der Waals surface area (Å²) in [5, 5.41) is 12.5. The summed E-state index contributed by atoms with van der Waals surface area (Å²) in [5.41, 5.74) is 1.96. The van der Waals surface area contributed by atoms with Gasteiger partial charge in [0.1, 0.15) is 22.9 Å². The van der Waals surface area contributed by atoms with Gasteiger partial charge in [-0.15, -0.1) is 5.10 Å². The Morgan fingerprint density at radius 1 is 1.00 bits per heavy atom. The van der Waals surface area contributed by atoms with Crippen LogP contribution < -0.4 is 0 Å². The monoisotopic (exact) mass is 467 g/mol. The van der Waals surface area contributed by atoms with Gasteiger partial charge < -0.3 is 9.47 Å². The number of halogens is 2. The van der Waals surface area contributed by atoms with E-state index in [0.717, 1.165) is 6.07 Å².